The van der Waals surface area contributed by atoms with E-state index in [0.29, 0.717) is 0 Å². The highest BCUT2D eigenvalue weighted by molar-refractivity contribution is 9.13. The second kappa shape index (κ2) is 6.91. The van der Waals surface area contributed by atoms with Crippen LogP contribution >= 0.6 is 31.9 Å². The van der Waals surface area contributed by atoms with Gasteiger partial charge in [0, 0.05) is 28.1 Å². The molecule has 1 atom stereocenters. The summed E-state index contributed by atoms with van der Waals surface area (Å²) in [5.41, 5.74) is 1.41. The van der Waals surface area contributed by atoms with E-state index in [-0.39, 0.29) is 0 Å². The number of nitrogens with zero attached hydrogens (tertiary/aromatic N) is 1. The Morgan fingerprint density at radius 3 is 2.65 bits per heavy atom. The van der Waals surface area contributed by atoms with Gasteiger partial charge in [-0.15, -0.1) is 0 Å². The highest BCUT2D eigenvalue weighted by Crippen LogP contribution is 2.31. The average molecular weight is 402 g/mol. The fraction of sp³-hybridized carbons (Fsp3) is 0.625. The number of hydrogen-bond donors (Lipinski definition) is 1. The Hall–Kier alpha value is 0.1000. The molecule has 2 nitrogen and oxygen atoms in total. The molecule has 0 radical (unpaired) electrons. The van der Waals surface area contributed by atoms with Gasteiger partial charge in [0.1, 0.15) is 0 Å². The third-order valence-electron chi connectivity index (χ3n) is 4.32. The molecule has 20 heavy (non-hydrogen) atoms. The highest BCUT2D eigenvalue weighted by Gasteiger charge is 2.30. The molecule has 0 spiro atoms. The van der Waals surface area contributed by atoms with Crippen LogP contribution in [0.5, 0.6) is 0 Å². The van der Waals surface area contributed by atoms with Crippen LogP contribution < -0.4 is 5.32 Å². The van der Waals surface area contributed by atoms with Crippen LogP contribution in [-0.2, 0) is 6.54 Å². The fourth-order valence-corrected chi connectivity index (χ4v) is 3.74. The van der Waals surface area contributed by atoms with Gasteiger partial charge in [-0.25, -0.2) is 0 Å². The first kappa shape index (κ1) is 15.0. The molecule has 2 fully saturated rings. The minimum Gasteiger partial charge on any atom is -0.316 e. The Labute approximate surface area is 138 Å². The lowest BCUT2D eigenvalue weighted by Crippen LogP contribution is -2.39. The largest absolute Gasteiger partial charge is 0.316 e. The van der Waals surface area contributed by atoms with Gasteiger partial charge in [-0.2, -0.15) is 0 Å². The highest BCUT2D eigenvalue weighted by atomic mass is 79.9. The van der Waals surface area contributed by atoms with Crippen molar-refractivity contribution in [3.63, 3.8) is 0 Å². The fourth-order valence-electron chi connectivity index (χ4n) is 3.07. The summed E-state index contributed by atoms with van der Waals surface area (Å²) < 4.78 is 2.29. The van der Waals surface area contributed by atoms with E-state index in [1.54, 1.807) is 0 Å². The van der Waals surface area contributed by atoms with Crippen molar-refractivity contribution in [2.75, 3.05) is 19.6 Å². The molecule has 0 bridgehead atoms. The number of rotatable bonds is 5. The topological polar surface area (TPSA) is 15.3 Å². The summed E-state index contributed by atoms with van der Waals surface area (Å²) in [6.45, 7) is 4.76. The Morgan fingerprint density at radius 1 is 1.15 bits per heavy atom. The van der Waals surface area contributed by atoms with Gasteiger partial charge in [0.25, 0.3) is 0 Å². The molecule has 1 saturated carbocycles. The number of halogens is 2. The van der Waals surface area contributed by atoms with Crippen molar-refractivity contribution in [3.8, 4) is 0 Å². The second-order valence-electron chi connectivity index (χ2n) is 6.12. The molecule has 3 rings (SSSR count). The maximum Gasteiger partial charge on any atom is 0.0320 e. The Kier molecular flexibility index (Phi) is 5.18. The molecular formula is C16H22Br2N2. The zero-order chi connectivity index (χ0) is 13.9. The van der Waals surface area contributed by atoms with Crippen LogP contribution in [0.25, 0.3) is 0 Å². The molecule has 0 amide bonds. The maximum absolute atomic E-state index is 3.61. The lowest BCUT2D eigenvalue weighted by molar-refractivity contribution is 0.193. The molecule has 1 saturated heterocycles. The van der Waals surface area contributed by atoms with Crippen molar-refractivity contribution in [3.05, 3.63) is 32.7 Å². The number of nitrogens with one attached hydrogen (secondary N) is 1. The van der Waals surface area contributed by atoms with Crippen LogP contribution in [0.2, 0.25) is 0 Å². The van der Waals surface area contributed by atoms with Gasteiger partial charge in [-0.1, -0.05) is 6.07 Å². The zero-order valence-electron chi connectivity index (χ0n) is 11.7. The standard InChI is InChI=1S/C16H22Br2N2/c17-15-6-3-12(8-16(15)18)10-20(14-4-5-14)11-13-2-1-7-19-9-13/h3,6,8,13-14,19H,1-2,4-5,7,9-11H2. The summed E-state index contributed by atoms with van der Waals surface area (Å²) in [5, 5.41) is 3.54. The van der Waals surface area contributed by atoms with Crippen molar-refractivity contribution in [1.82, 2.24) is 10.2 Å². The number of hydrogen-bond acceptors (Lipinski definition) is 2. The molecular weight excluding hydrogens is 380 g/mol. The Bertz CT molecular complexity index is 454. The lowest BCUT2D eigenvalue weighted by Gasteiger charge is -2.30. The van der Waals surface area contributed by atoms with E-state index in [9.17, 15) is 0 Å². The summed E-state index contributed by atoms with van der Waals surface area (Å²) in [5.74, 6) is 0.836. The first-order valence-corrected chi connectivity index (χ1v) is 9.19. The maximum atomic E-state index is 3.61. The predicted molar refractivity (Wildman–Crippen MR) is 90.9 cm³/mol. The molecule has 1 unspecified atom stereocenters. The first-order valence-electron chi connectivity index (χ1n) is 7.61. The summed E-state index contributed by atoms with van der Waals surface area (Å²) in [6, 6.07) is 7.47. The van der Waals surface area contributed by atoms with Crippen molar-refractivity contribution < 1.29 is 0 Å². The molecule has 1 aliphatic heterocycles. The molecule has 1 aromatic carbocycles. The van der Waals surface area contributed by atoms with Gasteiger partial charge < -0.3 is 5.32 Å². The van der Waals surface area contributed by atoms with Crippen LogP contribution in [0.15, 0.2) is 27.1 Å². The van der Waals surface area contributed by atoms with Gasteiger partial charge >= 0.3 is 0 Å². The van der Waals surface area contributed by atoms with Crippen LogP contribution in [-0.4, -0.2) is 30.6 Å². The third-order valence-corrected chi connectivity index (χ3v) is 6.20. The quantitative estimate of drug-likeness (QED) is 0.796. The van der Waals surface area contributed by atoms with E-state index in [1.165, 1.54) is 50.9 Å². The summed E-state index contributed by atoms with van der Waals surface area (Å²) in [4.78, 5) is 2.70. The van der Waals surface area contributed by atoms with Crippen LogP contribution in [0.4, 0.5) is 0 Å². The SMILES string of the molecule is Brc1ccc(CN(CC2CCCNC2)C2CC2)cc1Br. The van der Waals surface area contributed by atoms with Gasteiger partial charge in [0.2, 0.25) is 0 Å². The first-order chi connectivity index (χ1) is 9.72. The van der Waals surface area contributed by atoms with Crippen molar-refractivity contribution in [1.29, 1.82) is 0 Å². The molecule has 4 heteroatoms. The van der Waals surface area contributed by atoms with E-state index in [1.807, 2.05) is 0 Å². The molecule has 1 N–H and O–H groups in total. The summed E-state index contributed by atoms with van der Waals surface area (Å²) >= 11 is 7.16. The van der Waals surface area contributed by atoms with Gasteiger partial charge in [-0.05, 0) is 94.2 Å². The normalized spacial score (nSPS) is 23.2. The minimum absolute atomic E-state index is 0.833. The van der Waals surface area contributed by atoms with E-state index >= 15 is 0 Å². The molecule has 0 aromatic heterocycles. The van der Waals surface area contributed by atoms with E-state index in [0.717, 1.165) is 27.4 Å². The molecule has 1 heterocycles. The molecule has 1 aromatic rings. The van der Waals surface area contributed by atoms with Crippen LogP contribution in [0.1, 0.15) is 31.2 Å². The van der Waals surface area contributed by atoms with Crippen molar-refractivity contribution in [2.45, 2.75) is 38.3 Å². The van der Waals surface area contributed by atoms with Crippen molar-refractivity contribution >= 4 is 31.9 Å². The number of benzene rings is 1. The third kappa shape index (κ3) is 4.06. The summed E-state index contributed by atoms with van der Waals surface area (Å²) in [6.07, 6.45) is 5.50. The Morgan fingerprint density at radius 2 is 2.00 bits per heavy atom. The van der Waals surface area contributed by atoms with E-state index in [4.69, 9.17) is 0 Å². The minimum atomic E-state index is 0.833. The monoisotopic (exact) mass is 400 g/mol. The van der Waals surface area contributed by atoms with Crippen LogP contribution in [0, 0.1) is 5.92 Å². The Balaban J connectivity index is 1.62. The molecule has 1 aliphatic carbocycles. The zero-order valence-corrected chi connectivity index (χ0v) is 14.9. The lowest BCUT2D eigenvalue weighted by atomic mass is 9.98. The molecule has 2 aliphatic rings. The van der Waals surface area contributed by atoms with Gasteiger partial charge in [0.05, 0.1) is 0 Å². The summed E-state index contributed by atoms with van der Waals surface area (Å²) in [7, 11) is 0. The predicted octanol–water partition coefficient (Wildman–Crippen LogP) is 4.18. The van der Waals surface area contributed by atoms with Crippen molar-refractivity contribution in [2.24, 2.45) is 5.92 Å². The smallest absolute Gasteiger partial charge is 0.0320 e. The van der Waals surface area contributed by atoms with Gasteiger partial charge in [0.15, 0.2) is 0 Å². The second-order valence-corrected chi connectivity index (χ2v) is 7.83. The van der Waals surface area contributed by atoms with Crippen LogP contribution in [0.3, 0.4) is 0 Å². The molecule has 110 valence electrons. The van der Waals surface area contributed by atoms with Gasteiger partial charge in [-0.3, -0.25) is 4.90 Å². The van der Waals surface area contributed by atoms with E-state index < -0.39 is 0 Å². The number of piperidine rings is 1. The van der Waals surface area contributed by atoms with E-state index in [2.05, 4.69) is 60.3 Å². The average Bonchev–Trinajstić information content (AvgIpc) is 3.28.